The van der Waals surface area contributed by atoms with Crippen LogP contribution in [0.1, 0.15) is 30.4 Å². The van der Waals surface area contributed by atoms with E-state index >= 15 is 0 Å². The van der Waals surface area contributed by atoms with Crippen LogP contribution in [0.5, 0.6) is 5.75 Å². The molecule has 0 saturated heterocycles. The number of benzene rings is 2. The van der Waals surface area contributed by atoms with Gasteiger partial charge in [-0.3, -0.25) is 4.79 Å². The number of nitrogens with one attached hydrogen (secondary N) is 1. The number of nitrogens with zero attached hydrogens (tertiary/aromatic N) is 2. The van der Waals surface area contributed by atoms with E-state index in [1.807, 2.05) is 37.1 Å². The number of hydrogen-bond donors (Lipinski definition) is 2. The second kappa shape index (κ2) is 8.72. The molecule has 3 aromatic rings. The van der Waals surface area contributed by atoms with E-state index in [1.54, 1.807) is 24.3 Å². The van der Waals surface area contributed by atoms with Gasteiger partial charge < -0.3 is 19.7 Å². The molecule has 1 aliphatic heterocycles. The smallest absolute Gasteiger partial charge is 0.252 e. The highest BCUT2D eigenvalue weighted by Gasteiger charge is 2.39. The largest absolute Gasteiger partial charge is 0.490 e. The van der Waals surface area contributed by atoms with E-state index in [0.29, 0.717) is 36.3 Å². The minimum Gasteiger partial charge on any atom is -0.490 e. The summed E-state index contributed by atoms with van der Waals surface area (Å²) in [7, 11) is -2.09. The van der Waals surface area contributed by atoms with Gasteiger partial charge in [-0.2, -0.15) is 4.31 Å². The van der Waals surface area contributed by atoms with Crippen LogP contribution in [0.25, 0.3) is 10.9 Å². The van der Waals surface area contributed by atoms with Crippen LogP contribution < -0.4 is 15.2 Å². The molecule has 9 heteroatoms. The summed E-state index contributed by atoms with van der Waals surface area (Å²) in [6.45, 7) is 3.04. The van der Waals surface area contributed by atoms with Gasteiger partial charge in [0, 0.05) is 30.7 Å². The van der Waals surface area contributed by atoms with Crippen LogP contribution in [-0.2, 0) is 16.6 Å². The van der Waals surface area contributed by atoms with Gasteiger partial charge in [-0.15, -0.1) is 0 Å². The van der Waals surface area contributed by atoms with Crippen molar-refractivity contribution in [2.45, 2.75) is 49.8 Å². The number of anilines is 1. The fourth-order valence-corrected chi connectivity index (χ4v) is 6.61. The quantitative estimate of drug-likeness (QED) is 0.579. The van der Waals surface area contributed by atoms with E-state index in [1.165, 1.54) is 4.31 Å². The fraction of sp³-hybridized carbons (Fsp3) is 0.400. The van der Waals surface area contributed by atoms with Gasteiger partial charge in [0.15, 0.2) is 0 Å². The summed E-state index contributed by atoms with van der Waals surface area (Å²) < 4.78 is 34.8. The molecule has 2 aromatic carbocycles. The number of rotatable bonds is 5. The number of fused-ring (bicyclic) bond motifs is 2. The number of sulfonamides is 1. The van der Waals surface area contributed by atoms with Crippen LogP contribution in [-0.4, -0.2) is 55.2 Å². The van der Waals surface area contributed by atoms with Gasteiger partial charge >= 0.3 is 0 Å². The molecule has 5 rings (SSSR count). The first-order valence-corrected chi connectivity index (χ1v) is 13.0. The third-order valence-electron chi connectivity index (χ3n) is 6.85. The van der Waals surface area contributed by atoms with Gasteiger partial charge in [-0.25, -0.2) is 8.42 Å². The third kappa shape index (κ3) is 4.08. The Morgan fingerprint density at radius 1 is 1.18 bits per heavy atom. The van der Waals surface area contributed by atoms with E-state index in [-0.39, 0.29) is 17.0 Å². The predicted molar refractivity (Wildman–Crippen MR) is 131 cm³/mol. The lowest BCUT2D eigenvalue weighted by Crippen LogP contribution is -2.44. The first-order chi connectivity index (χ1) is 16.2. The van der Waals surface area contributed by atoms with E-state index in [4.69, 9.17) is 4.74 Å². The maximum Gasteiger partial charge on any atom is 0.252 e. The standard InChI is InChI=1S/C25H29N3O5S/c1-16-6-8-20-17(12-16)13-18(25(30)26-20)15-28(21-4-3-5-23(21)29)34(31,32)19-7-9-22-24(14-19)33-11-10-27(22)2/h6-9,12-14,21,23,29H,3-5,10-11,15H2,1-2H3,(H,26,30)/t21-,23-/m0/s1. The van der Waals surface area contributed by atoms with Crippen molar-refractivity contribution >= 4 is 26.6 Å². The van der Waals surface area contributed by atoms with Crippen molar-refractivity contribution in [2.24, 2.45) is 0 Å². The lowest BCUT2D eigenvalue weighted by atomic mass is 10.1. The predicted octanol–water partition coefficient (Wildman–Crippen LogP) is 2.77. The summed E-state index contributed by atoms with van der Waals surface area (Å²) in [5.74, 6) is 0.515. The highest BCUT2D eigenvalue weighted by atomic mass is 32.2. The highest BCUT2D eigenvalue weighted by molar-refractivity contribution is 7.89. The number of aromatic amines is 1. The zero-order valence-corrected chi connectivity index (χ0v) is 20.1. The number of aliphatic hydroxyl groups is 1. The summed E-state index contributed by atoms with van der Waals surface area (Å²) in [4.78, 5) is 17.9. The zero-order valence-electron chi connectivity index (χ0n) is 19.3. The lowest BCUT2D eigenvalue weighted by molar-refractivity contribution is 0.110. The molecule has 0 bridgehead atoms. The SMILES string of the molecule is Cc1ccc2[nH]c(=O)c(CN([C@H]3CCC[C@@H]3O)S(=O)(=O)c3ccc4c(c3)OCCN4C)cc2c1. The first-order valence-electron chi connectivity index (χ1n) is 11.5. The number of ether oxygens (including phenoxy) is 1. The maximum atomic E-state index is 13.9. The molecule has 1 aliphatic carbocycles. The second-order valence-electron chi connectivity index (χ2n) is 9.23. The Morgan fingerprint density at radius 2 is 2.00 bits per heavy atom. The van der Waals surface area contributed by atoms with E-state index in [0.717, 1.165) is 29.6 Å². The van der Waals surface area contributed by atoms with Crippen molar-refractivity contribution in [3.8, 4) is 5.75 Å². The number of hydrogen-bond acceptors (Lipinski definition) is 6. The van der Waals surface area contributed by atoms with Crippen molar-refractivity contribution < 1.29 is 18.3 Å². The summed E-state index contributed by atoms with van der Waals surface area (Å²) in [5, 5.41) is 11.5. The van der Waals surface area contributed by atoms with Crippen molar-refractivity contribution in [1.29, 1.82) is 0 Å². The van der Waals surface area contributed by atoms with E-state index in [9.17, 15) is 18.3 Å². The van der Waals surface area contributed by atoms with Gasteiger partial charge in [0.05, 0.1) is 29.3 Å². The molecule has 180 valence electrons. The molecule has 2 aliphatic rings. The van der Waals surface area contributed by atoms with Crippen molar-refractivity contribution in [2.75, 3.05) is 25.1 Å². The molecule has 2 N–H and O–H groups in total. The maximum absolute atomic E-state index is 13.9. The number of aliphatic hydroxyl groups excluding tert-OH is 1. The summed E-state index contributed by atoms with van der Waals surface area (Å²) in [6, 6.07) is 11.7. The molecule has 1 aromatic heterocycles. The summed E-state index contributed by atoms with van der Waals surface area (Å²) in [5.41, 5.74) is 2.58. The summed E-state index contributed by atoms with van der Waals surface area (Å²) in [6.07, 6.45) is 1.01. The molecule has 1 fully saturated rings. The molecule has 0 radical (unpaired) electrons. The Morgan fingerprint density at radius 3 is 2.76 bits per heavy atom. The van der Waals surface area contributed by atoms with Gasteiger partial charge in [0.1, 0.15) is 12.4 Å². The Balaban J connectivity index is 1.58. The minimum atomic E-state index is -4.02. The average molecular weight is 484 g/mol. The van der Waals surface area contributed by atoms with Gasteiger partial charge in [0.25, 0.3) is 5.56 Å². The molecule has 8 nitrogen and oxygen atoms in total. The number of aromatic nitrogens is 1. The van der Waals surface area contributed by atoms with Crippen molar-refractivity contribution in [3.05, 3.63) is 63.9 Å². The molecular formula is C25H29N3O5S. The molecule has 1 saturated carbocycles. The van der Waals surface area contributed by atoms with Crippen LogP contribution in [0, 0.1) is 6.92 Å². The Hall–Kier alpha value is -2.88. The first kappa shape index (κ1) is 22.9. The Labute approximate surface area is 198 Å². The van der Waals surface area contributed by atoms with E-state index < -0.39 is 22.2 Å². The number of aryl methyl sites for hydroxylation is 1. The normalized spacial score (nSPS) is 20.5. The molecule has 2 heterocycles. The summed E-state index contributed by atoms with van der Waals surface area (Å²) >= 11 is 0. The minimum absolute atomic E-state index is 0.0914. The van der Waals surface area contributed by atoms with Crippen LogP contribution in [0.2, 0.25) is 0 Å². The number of pyridine rings is 1. The van der Waals surface area contributed by atoms with E-state index in [2.05, 4.69) is 4.98 Å². The molecule has 0 amide bonds. The topological polar surface area (TPSA) is 103 Å². The molecular weight excluding hydrogens is 454 g/mol. The van der Waals surface area contributed by atoms with Crippen LogP contribution in [0.3, 0.4) is 0 Å². The lowest BCUT2D eigenvalue weighted by Gasteiger charge is -2.31. The van der Waals surface area contributed by atoms with Crippen molar-refractivity contribution in [3.63, 3.8) is 0 Å². The van der Waals surface area contributed by atoms with Gasteiger partial charge in [-0.1, -0.05) is 11.6 Å². The third-order valence-corrected chi connectivity index (χ3v) is 8.72. The number of likely N-dealkylation sites (N-methyl/N-ethyl adjacent to an activating group) is 1. The molecule has 0 spiro atoms. The Kier molecular flexibility index (Phi) is 5.87. The monoisotopic (exact) mass is 483 g/mol. The molecule has 2 atom stereocenters. The zero-order chi connectivity index (χ0) is 24.0. The fourth-order valence-electron chi connectivity index (χ4n) is 4.93. The molecule has 34 heavy (non-hydrogen) atoms. The van der Waals surface area contributed by atoms with Crippen LogP contribution in [0.15, 0.2) is 52.2 Å². The second-order valence-corrected chi connectivity index (χ2v) is 11.1. The van der Waals surface area contributed by atoms with Crippen LogP contribution >= 0.6 is 0 Å². The van der Waals surface area contributed by atoms with Crippen LogP contribution in [0.4, 0.5) is 5.69 Å². The van der Waals surface area contributed by atoms with Gasteiger partial charge in [0.2, 0.25) is 10.0 Å². The molecule has 0 unspecified atom stereocenters. The Bertz CT molecular complexity index is 1400. The number of H-pyrrole nitrogens is 1. The highest BCUT2D eigenvalue weighted by Crippen LogP contribution is 2.36. The van der Waals surface area contributed by atoms with Crippen molar-refractivity contribution in [1.82, 2.24) is 9.29 Å². The van der Waals surface area contributed by atoms with Gasteiger partial charge in [-0.05, 0) is 61.9 Å². The average Bonchev–Trinajstić information content (AvgIpc) is 3.23.